The van der Waals surface area contributed by atoms with Gasteiger partial charge in [-0.3, -0.25) is 4.79 Å². The molecule has 0 radical (unpaired) electrons. The summed E-state index contributed by atoms with van der Waals surface area (Å²) in [6, 6.07) is 13.4. The Morgan fingerprint density at radius 2 is 1.89 bits per heavy atom. The number of carbonyl (C=O) groups excluding carboxylic acids is 1. The molecule has 28 heavy (non-hydrogen) atoms. The number of unbranched alkanes of at least 4 members (excludes halogenated alkanes) is 1. The molecule has 0 saturated carbocycles. The van der Waals surface area contributed by atoms with Crippen molar-refractivity contribution in [3.05, 3.63) is 53.6 Å². The number of fused-ring (bicyclic) bond motifs is 2. The Morgan fingerprint density at radius 3 is 2.64 bits per heavy atom. The van der Waals surface area contributed by atoms with E-state index in [2.05, 4.69) is 6.92 Å². The van der Waals surface area contributed by atoms with Gasteiger partial charge in [0.2, 0.25) is 0 Å². The summed E-state index contributed by atoms with van der Waals surface area (Å²) in [5, 5.41) is 0. The first-order valence-electron chi connectivity index (χ1n) is 9.68. The molecular weight excluding hydrogens is 358 g/mol. The zero-order valence-electron chi connectivity index (χ0n) is 16.3. The van der Waals surface area contributed by atoms with Crippen LogP contribution in [-0.4, -0.2) is 32.8 Å². The van der Waals surface area contributed by atoms with Crippen molar-refractivity contribution in [1.29, 1.82) is 0 Å². The van der Waals surface area contributed by atoms with Crippen molar-refractivity contribution >= 4 is 11.6 Å². The molecule has 0 atom stereocenters. The van der Waals surface area contributed by atoms with Gasteiger partial charge >= 0.3 is 0 Å². The van der Waals surface area contributed by atoms with Crippen LogP contribution >= 0.6 is 0 Å². The van der Waals surface area contributed by atoms with E-state index in [1.807, 2.05) is 42.5 Å². The summed E-state index contributed by atoms with van der Waals surface area (Å²) >= 11 is 0. The second-order valence-corrected chi connectivity index (χ2v) is 6.91. The molecule has 6 nitrogen and oxygen atoms in total. The number of anilines is 1. The van der Waals surface area contributed by atoms with Crippen LogP contribution < -0.4 is 14.4 Å². The van der Waals surface area contributed by atoms with E-state index >= 15 is 0 Å². The van der Waals surface area contributed by atoms with Gasteiger partial charge in [-0.1, -0.05) is 37.6 Å². The molecule has 2 heterocycles. The summed E-state index contributed by atoms with van der Waals surface area (Å²) in [5.74, 6) is -0.110. The molecule has 2 aromatic rings. The van der Waals surface area contributed by atoms with Crippen molar-refractivity contribution < 1.29 is 23.7 Å². The minimum Gasteiger partial charge on any atom is -0.493 e. The van der Waals surface area contributed by atoms with E-state index in [4.69, 9.17) is 18.9 Å². The van der Waals surface area contributed by atoms with Crippen LogP contribution in [0.4, 0.5) is 5.69 Å². The van der Waals surface area contributed by atoms with Crippen molar-refractivity contribution in [2.24, 2.45) is 0 Å². The molecular formula is C22H25NO5. The quantitative estimate of drug-likeness (QED) is 0.684. The number of hydrogen-bond donors (Lipinski definition) is 0. The standard InChI is InChI=1S/C22H25NO5/c1-3-4-11-26-19-10-9-16(14-20(19)25-2)15-23-18-8-6-5-7-17(18)22(21(23)24)27-12-13-28-22/h5-10,14H,3-4,11-13,15H2,1-2H3. The monoisotopic (exact) mass is 383 g/mol. The van der Waals surface area contributed by atoms with Crippen molar-refractivity contribution in [3.8, 4) is 11.5 Å². The van der Waals surface area contributed by atoms with Crippen molar-refractivity contribution in [2.45, 2.75) is 32.1 Å². The number of methoxy groups -OCH3 is 1. The normalized spacial score (nSPS) is 17.2. The van der Waals surface area contributed by atoms with Crippen LogP contribution in [0.15, 0.2) is 42.5 Å². The third kappa shape index (κ3) is 3.12. The number of rotatable bonds is 7. The zero-order chi connectivity index (χ0) is 19.6. The minimum atomic E-state index is -1.30. The maximum Gasteiger partial charge on any atom is 0.292 e. The fourth-order valence-corrected chi connectivity index (χ4v) is 3.68. The number of hydrogen-bond acceptors (Lipinski definition) is 5. The van der Waals surface area contributed by atoms with E-state index in [-0.39, 0.29) is 5.91 Å². The number of ether oxygens (including phenoxy) is 4. The van der Waals surface area contributed by atoms with Gasteiger partial charge in [0.1, 0.15) is 0 Å². The first kappa shape index (κ1) is 18.8. The Labute approximate surface area is 165 Å². The number of amides is 1. The van der Waals surface area contributed by atoms with E-state index in [0.29, 0.717) is 37.9 Å². The van der Waals surface area contributed by atoms with Crippen LogP contribution in [0.5, 0.6) is 11.5 Å². The van der Waals surface area contributed by atoms with Crippen LogP contribution in [0.25, 0.3) is 0 Å². The average Bonchev–Trinajstić information content (AvgIpc) is 3.30. The Bertz CT molecular complexity index is 860. The molecule has 0 bridgehead atoms. The van der Waals surface area contributed by atoms with Crippen molar-refractivity contribution in [3.63, 3.8) is 0 Å². The predicted molar refractivity (Wildman–Crippen MR) is 105 cm³/mol. The molecule has 0 N–H and O–H groups in total. The SMILES string of the molecule is CCCCOc1ccc(CN2C(=O)C3(OCCO3)c3ccccc32)cc1OC. The fraction of sp³-hybridized carbons (Fsp3) is 0.409. The van der Waals surface area contributed by atoms with E-state index < -0.39 is 5.79 Å². The molecule has 6 heteroatoms. The highest BCUT2D eigenvalue weighted by molar-refractivity contribution is 6.06. The Balaban J connectivity index is 1.60. The zero-order valence-corrected chi connectivity index (χ0v) is 16.3. The summed E-state index contributed by atoms with van der Waals surface area (Å²) in [5.41, 5.74) is 2.53. The second-order valence-electron chi connectivity index (χ2n) is 6.91. The minimum absolute atomic E-state index is 0.187. The predicted octanol–water partition coefficient (Wildman–Crippen LogP) is 3.62. The van der Waals surface area contributed by atoms with Gasteiger partial charge in [-0.25, -0.2) is 0 Å². The van der Waals surface area contributed by atoms with Crippen LogP contribution in [-0.2, 0) is 26.6 Å². The maximum absolute atomic E-state index is 13.2. The highest BCUT2D eigenvalue weighted by Gasteiger charge is 2.55. The van der Waals surface area contributed by atoms with E-state index in [0.717, 1.165) is 29.7 Å². The Morgan fingerprint density at radius 1 is 1.11 bits per heavy atom. The lowest BCUT2D eigenvalue weighted by Gasteiger charge is -2.22. The lowest BCUT2D eigenvalue weighted by molar-refractivity contribution is -0.180. The number of carbonyl (C=O) groups is 1. The molecule has 2 aromatic carbocycles. The number of para-hydroxylation sites is 1. The Hall–Kier alpha value is -2.57. The molecule has 0 aliphatic carbocycles. The number of nitrogens with zero attached hydrogens (tertiary/aromatic N) is 1. The summed E-state index contributed by atoms with van der Waals surface area (Å²) in [6.45, 7) is 3.99. The average molecular weight is 383 g/mol. The van der Waals surface area contributed by atoms with E-state index in [9.17, 15) is 4.79 Å². The van der Waals surface area contributed by atoms with Gasteiger partial charge in [0, 0.05) is 5.56 Å². The van der Waals surface area contributed by atoms with Crippen molar-refractivity contribution in [2.75, 3.05) is 31.8 Å². The summed E-state index contributed by atoms with van der Waals surface area (Å²) in [6.07, 6.45) is 2.06. The molecule has 1 saturated heterocycles. The molecule has 4 rings (SSSR count). The molecule has 2 aliphatic rings. The molecule has 0 aromatic heterocycles. The lowest BCUT2D eigenvalue weighted by Crippen LogP contribution is -2.40. The summed E-state index contributed by atoms with van der Waals surface area (Å²) < 4.78 is 22.8. The summed E-state index contributed by atoms with van der Waals surface area (Å²) in [7, 11) is 1.62. The molecule has 1 fully saturated rings. The fourth-order valence-electron chi connectivity index (χ4n) is 3.68. The van der Waals surface area contributed by atoms with Gasteiger partial charge in [-0.05, 0) is 30.2 Å². The Kier molecular flexibility index (Phi) is 5.24. The highest BCUT2D eigenvalue weighted by Crippen LogP contribution is 2.46. The highest BCUT2D eigenvalue weighted by atomic mass is 16.7. The smallest absolute Gasteiger partial charge is 0.292 e. The second kappa shape index (κ2) is 7.81. The van der Waals surface area contributed by atoms with Gasteiger partial charge in [-0.2, -0.15) is 0 Å². The first-order valence-corrected chi connectivity index (χ1v) is 9.68. The molecule has 148 valence electrons. The maximum atomic E-state index is 13.2. The first-order chi connectivity index (χ1) is 13.7. The topological polar surface area (TPSA) is 57.2 Å². The van der Waals surface area contributed by atoms with Gasteiger partial charge in [0.15, 0.2) is 11.5 Å². The van der Waals surface area contributed by atoms with Gasteiger partial charge in [0.25, 0.3) is 11.7 Å². The van der Waals surface area contributed by atoms with E-state index in [1.54, 1.807) is 12.0 Å². The summed E-state index contributed by atoms with van der Waals surface area (Å²) in [4.78, 5) is 14.9. The molecule has 1 spiro atoms. The van der Waals surface area contributed by atoms with Gasteiger partial charge in [-0.15, -0.1) is 0 Å². The lowest BCUT2D eigenvalue weighted by atomic mass is 10.1. The van der Waals surface area contributed by atoms with Crippen LogP contribution in [0.3, 0.4) is 0 Å². The van der Waals surface area contributed by atoms with Crippen LogP contribution in [0.1, 0.15) is 30.9 Å². The third-order valence-corrected chi connectivity index (χ3v) is 5.09. The largest absolute Gasteiger partial charge is 0.493 e. The third-order valence-electron chi connectivity index (χ3n) is 5.09. The van der Waals surface area contributed by atoms with Gasteiger partial charge < -0.3 is 23.8 Å². The molecule has 2 aliphatic heterocycles. The number of benzene rings is 2. The van der Waals surface area contributed by atoms with Crippen molar-refractivity contribution in [1.82, 2.24) is 0 Å². The van der Waals surface area contributed by atoms with Gasteiger partial charge in [0.05, 0.1) is 39.2 Å². The van der Waals surface area contributed by atoms with Crippen LogP contribution in [0.2, 0.25) is 0 Å². The molecule has 0 unspecified atom stereocenters. The molecule has 1 amide bonds. The van der Waals surface area contributed by atoms with Crippen LogP contribution in [0, 0.1) is 0 Å². The van der Waals surface area contributed by atoms with E-state index in [1.165, 1.54) is 0 Å².